The molecule has 0 atom stereocenters. The maximum atomic E-state index is 14.4. The zero-order valence-corrected chi connectivity index (χ0v) is 15.8. The summed E-state index contributed by atoms with van der Waals surface area (Å²) >= 11 is 0. The maximum Gasteiger partial charge on any atom is 0.163 e. The van der Waals surface area contributed by atoms with Crippen LogP contribution >= 0.6 is 0 Å². The van der Waals surface area contributed by atoms with E-state index in [0.29, 0.717) is 46.0 Å². The number of fused-ring (bicyclic) bond motifs is 1. The lowest BCUT2D eigenvalue weighted by molar-refractivity contribution is 0.311. The molecule has 0 saturated heterocycles. The molecule has 6 nitrogen and oxygen atoms in total. The van der Waals surface area contributed by atoms with E-state index in [9.17, 15) is 9.50 Å². The summed E-state index contributed by atoms with van der Waals surface area (Å²) in [6.07, 6.45) is 3.36. The average molecular weight is 390 g/mol. The van der Waals surface area contributed by atoms with Gasteiger partial charge in [-0.1, -0.05) is 18.2 Å². The third-order valence-corrected chi connectivity index (χ3v) is 4.49. The number of nitrogens with zero attached hydrogens (tertiary/aromatic N) is 3. The summed E-state index contributed by atoms with van der Waals surface area (Å²) in [5, 5.41) is 13.1. The Morgan fingerprint density at radius 1 is 1.07 bits per heavy atom. The summed E-state index contributed by atoms with van der Waals surface area (Å²) in [4.78, 5) is 13.4. The first-order valence-corrected chi connectivity index (χ1v) is 9.11. The molecule has 0 spiro atoms. The van der Waals surface area contributed by atoms with E-state index in [1.165, 1.54) is 6.07 Å². The van der Waals surface area contributed by atoms with Gasteiger partial charge in [-0.2, -0.15) is 0 Å². The molecule has 0 bridgehead atoms. The van der Waals surface area contributed by atoms with Gasteiger partial charge in [-0.3, -0.25) is 4.98 Å². The van der Waals surface area contributed by atoms with Crippen LogP contribution in [0.4, 0.5) is 10.2 Å². The Kier molecular flexibility index (Phi) is 5.31. The molecule has 0 aliphatic carbocycles. The monoisotopic (exact) mass is 390 g/mol. The summed E-state index contributed by atoms with van der Waals surface area (Å²) in [6, 6.07) is 13.8. The van der Waals surface area contributed by atoms with Gasteiger partial charge in [-0.15, -0.1) is 0 Å². The maximum absolute atomic E-state index is 14.4. The highest BCUT2D eigenvalue weighted by Gasteiger charge is 2.16. The second-order valence-electron chi connectivity index (χ2n) is 6.34. The lowest BCUT2D eigenvalue weighted by Gasteiger charge is -2.14. The van der Waals surface area contributed by atoms with Crippen LogP contribution in [0.25, 0.3) is 33.4 Å². The molecular formula is C22H19FN4O2. The first-order valence-electron chi connectivity index (χ1n) is 9.11. The van der Waals surface area contributed by atoms with Gasteiger partial charge < -0.3 is 15.2 Å². The Morgan fingerprint density at radius 3 is 2.66 bits per heavy atom. The van der Waals surface area contributed by atoms with Crippen LogP contribution in [0.2, 0.25) is 0 Å². The number of ether oxygens (including phenoxy) is 1. The van der Waals surface area contributed by atoms with Crippen molar-refractivity contribution in [2.45, 2.75) is 0 Å². The molecule has 4 rings (SSSR count). The highest BCUT2D eigenvalue weighted by atomic mass is 19.1. The van der Waals surface area contributed by atoms with E-state index < -0.39 is 0 Å². The van der Waals surface area contributed by atoms with Crippen LogP contribution in [0.15, 0.2) is 60.9 Å². The number of hydrogen-bond acceptors (Lipinski definition) is 6. The van der Waals surface area contributed by atoms with Gasteiger partial charge >= 0.3 is 0 Å². The minimum atomic E-state index is -0.327. The topological polar surface area (TPSA) is 80.2 Å². The molecule has 0 fully saturated rings. The summed E-state index contributed by atoms with van der Waals surface area (Å²) in [6.45, 7) is 0.253. The van der Waals surface area contributed by atoms with E-state index in [2.05, 4.69) is 20.3 Å². The van der Waals surface area contributed by atoms with E-state index in [4.69, 9.17) is 4.74 Å². The van der Waals surface area contributed by atoms with Crippen molar-refractivity contribution in [3.63, 3.8) is 0 Å². The van der Waals surface area contributed by atoms with Crippen LogP contribution in [0.5, 0.6) is 5.75 Å². The fourth-order valence-corrected chi connectivity index (χ4v) is 3.14. The van der Waals surface area contributed by atoms with Crippen LogP contribution in [0, 0.1) is 5.82 Å². The van der Waals surface area contributed by atoms with E-state index in [1.54, 1.807) is 43.8 Å². The number of benzene rings is 2. The minimum Gasteiger partial charge on any atom is -0.494 e. The number of anilines is 1. The first kappa shape index (κ1) is 18.8. The Balaban J connectivity index is 1.98. The van der Waals surface area contributed by atoms with Crippen molar-refractivity contribution in [1.29, 1.82) is 0 Å². The quantitative estimate of drug-likeness (QED) is 0.520. The fraction of sp³-hybridized carbons (Fsp3) is 0.136. The SMILES string of the molecule is COc1cc(-c2ccccc2F)cc2c(NCCO)nc(-c3cccnc3)nc12. The number of aliphatic hydroxyl groups excluding tert-OH is 1. The number of aliphatic hydroxyl groups is 1. The van der Waals surface area contributed by atoms with Crippen molar-refractivity contribution in [1.82, 2.24) is 15.0 Å². The van der Waals surface area contributed by atoms with E-state index >= 15 is 0 Å². The average Bonchev–Trinajstić information content (AvgIpc) is 2.77. The highest BCUT2D eigenvalue weighted by molar-refractivity contribution is 5.97. The molecule has 2 aromatic heterocycles. The molecule has 0 unspecified atom stereocenters. The summed E-state index contributed by atoms with van der Waals surface area (Å²) in [5.74, 6) is 1.18. The van der Waals surface area contributed by atoms with Crippen molar-refractivity contribution in [2.75, 3.05) is 25.6 Å². The lowest BCUT2D eigenvalue weighted by Crippen LogP contribution is -2.09. The molecule has 0 amide bonds. The van der Waals surface area contributed by atoms with Crippen molar-refractivity contribution in [2.24, 2.45) is 0 Å². The number of nitrogens with one attached hydrogen (secondary N) is 1. The second kappa shape index (κ2) is 8.20. The van der Waals surface area contributed by atoms with Crippen LogP contribution in [-0.4, -0.2) is 40.3 Å². The van der Waals surface area contributed by atoms with Gasteiger partial charge in [0.1, 0.15) is 22.9 Å². The Hall–Kier alpha value is -3.58. The van der Waals surface area contributed by atoms with Gasteiger partial charge in [-0.25, -0.2) is 14.4 Å². The Labute approximate surface area is 167 Å². The molecular weight excluding hydrogens is 371 g/mol. The highest BCUT2D eigenvalue weighted by Crippen LogP contribution is 2.36. The molecule has 0 aliphatic rings. The molecule has 4 aromatic rings. The van der Waals surface area contributed by atoms with E-state index in [0.717, 1.165) is 5.56 Å². The Bertz CT molecular complexity index is 1150. The predicted molar refractivity (Wildman–Crippen MR) is 110 cm³/mol. The molecule has 2 aromatic carbocycles. The predicted octanol–water partition coefficient (Wildman–Crippen LogP) is 3.91. The second-order valence-corrected chi connectivity index (χ2v) is 6.34. The van der Waals surface area contributed by atoms with Crippen LogP contribution in [0.1, 0.15) is 0 Å². The minimum absolute atomic E-state index is 0.0577. The molecule has 146 valence electrons. The summed E-state index contributed by atoms with van der Waals surface area (Å²) < 4.78 is 19.9. The smallest absolute Gasteiger partial charge is 0.163 e. The number of aromatic nitrogens is 3. The third kappa shape index (κ3) is 3.72. The van der Waals surface area contributed by atoms with Crippen LogP contribution in [-0.2, 0) is 0 Å². The molecule has 0 saturated carbocycles. The number of halogens is 1. The van der Waals surface area contributed by atoms with Crippen molar-refractivity contribution in [3.05, 3.63) is 66.7 Å². The van der Waals surface area contributed by atoms with Gasteiger partial charge in [0.2, 0.25) is 0 Å². The normalized spacial score (nSPS) is 10.9. The zero-order valence-electron chi connectivity index (χ0n) is 15.8. The van der Waals surface area contributed by atoms with Gasteiger partial charge in [0, 0.05) is 35.5 Å². The Morgan fingerprint density at radius 2 is 1.93 bits per heavy atom. The summed E-state index contributed by atoms with van der Waals surface area (Å²) in [7, 11) is 1.55. The van der Waals surface area contributed by atoms with Gasteiger partial charge in [0.25, 0.3) is 0 Å². The summed E-state index contributed by atoms with van der Waals surface area (Å²) in [5.41, 5.74) is 2.44. The molecule has 7 heteroatoms. The first-order chi connectivity index (χ1) is 14.2. The largest absolute Gasteiger partial charge is 0.494 e. The third-order valence-electron chi connectivity index (χ3n) is 4.49. The van der Waals surface area contributed by atoms with Crippen LogP contribution in [0.3, 0.4) is 0 Å². The van der Waals surface area contributed by atoms with Gasteiger partial charge in [0.15, 0.2) is 5.82 Å². The molecule has 2 heterocycles. The number of rotatable bonds is 6. The van der Waals surface area contributed by atoms with E-state index in [1.807, 2.05) is 18.2 Å². The van der Waals surface area contributed by atoms with Crippen LogP contribution < -0.4 is 10.1 Å². The van der Waals surface area contributed by atoms with E-state index in [-0.39, 0.29) is 12.4 Å². The van der Waals surface area contributed by atoms with Crippen molar-refractivity contribution < 1.29 is 14.2 Å². The lowest BCUT2D eigenvalue weighted by atomic mass is 10.0. The van der Waals surface area contributed by atoms with Crippen molar-refractivity contribution in [3.8, 4) is 28.3 Å². The molecule has 2 N–H and O–H groups in total. The van der Waals surface area contributed by atoms with Gasteiger partial charge in [-0.05, 0) is 35.9 Å². The standard InChI is InChI=1S/C22H19FN4O2/c1-29-19-12-15(16-6-2-3-7-18(16)23)11-17-20(19)26-21(14-5-4-8-24-13-14)27-22(17)25-9-10-28/h2-8,11-13,28H,9-10H2,1H3,(H,25,26,27). The zero-order chi connectivity index (χ0) is 20.2. The number of pyridine rings is 1. The molecule has 0 aliphatic heterocycles. The van der Waals surface area contributed by atoms with Gasteiger partial charge in [0.05, 0.1) is 13.7 Å². The number of methoxy groups -OCH3 is 1. The fourth-order valence-electron chi connectivity index (χ4n) is 3.14. The number of hydrogen-bond donors (Lipinski definition) is 2. The van der Waals surface area contributed by atoms with Crippen molar-refractivity contribution >= 4 is 16.7 Å². The molecule has 0 radical (unpaired) electrons. The molecule has 29 heavy (non-hydrogen) atoms.